The zero-order chi connectivity index (χ0) is 17.0. The molecule has 6 nitrogen and oxygen atoms in total. The third kappa shape index (κ3) is 2.64. The number of hydrogen-bond donors (Lipinski definition) is 3. The van der Waals surface area contributed by atoms with Gasteiger partial charge in [0.1, 0.15) is 9.90 Å². The van der Waals surface area contributed by atoms with E-state index in [0.717, 1.165) is 17.7 Å². The average Bonchev–Trinajstić information content (AvgIpc) is 2.98. The number of nitrogens with two attached hydrogens (primary N) is 1. The van der Waals surface area contributed by atoms with Gasteiger partial charge in [-0.15, -0.1) is 23.2 Å². The van der Waals surface area contributed by atoms with Gasteiger partial charge in [0.2, 0.25) is 5.91 Å². The van der Waals surface area contributed by atoms with Gasteiger partial charge in [0.05, 0.1) is 11.5 Å². The van der Waals surface area contributed by atoms with Gasteiger partial charge in [0.15, 0.2) is 0 Å². The van der Waals surface area contributed by atoms with E-state index in [0.29, 0.717) is 19.3 Å². The van der Waals surface area contributed by atoms with Crippen LogP contribution in [0.3, 0.4) is 0 Å². The van der Waals surface area contributed by atoms with Crippen molar-refractivity contribution in [2.75, 3.05) is 0 Å². The van der Waals surface area contributed by atoms with E-state index in [-0.39, 0.29) is 17.5 Å². The van der Waals surface area contributed by atoms with E-state index in [2.05, 4.69) is 10.3 Å². The van der Waals surface area contributed by atoms with Gasteiger partial charge in [0, 0.05) is 5.69 Å². The third-order valence-corrected chi connectivity index (χ3v) is 5.88. The highest BCUT2D eigenvalue weighted by atomic mass is 35.5. The minimum absolute atomic E-state index is 0.105. The molecule has 2 unspecified atom stereocenters. The number of halogens is 2. The third-order valence-electron chi connectivity index (χ3n) is 4.78. The van der Waals surface area contributed by atoms with Crippen LogP contribution < -0.4 is 16.6 Å². The van der Waals surface area contributed by atoms with Crippen molar-refractivity contribution in [1.82, 2.24) is 10.3 Å². The van der Waals surface area contributed by atoms with Crippen molar-refractivity contribution in [3.05, 3.63) is 33.2 Å². The molecule has 2 aliphatic carbocycles. The number of aromatic amines is 1. The summed E-state index contributed by atoms with van der Waals surface area (Å²) in [5, 5.41) is 2.94. The lowest BCUT2D eigenvalue weighted by atomic mass is 9.89. The van der Waals surface area contributed by atoms with Gasteiger partial charge in [-0.3, -0.25) is 14.4 Å². The van der Waals surface area contributed by atoms with Crippen LogP contribution >= 0.6 is 23.2 Å². The van der Waals surface area contributed by atoms with Crippen LogP contribution in [-0.2, 0) is 11.2 Å². The number of aryl methyl sites for hydroxylation is 1. The number of amides is 2. The topological polar surface area (TPSA) is 105 Å². The van der Waals surface area contributed by atoms with Crippen molar-refractivity contribution in [2.24, 2.45) is 11.1 Å². The Morgan fingerprint density at radius 1 is 1.43 bits per heavy atom. The number of pyridine rings is 1. The van der Waals surface area contributed by atoms with Crippen molar-refractivity contribution in [2.45, 2.75) is 43.0 Å². The van der Waals surface area contributed by atoms with Crippen LogP contribution in [0.1, 0.15) is 53.8 Å². The largest absolute Gasteiger partial charge is 0.365 e. The molecule has 0 saturated heterocycles. The molecule has 0 spiro atoms. The van der Waals surface area contributed by atoms with Crippen LogP contribution in [-0.4, -0.2) is 21.1 Å². The molecule has 0 bridgehead atoms. The number of rotatable bonds is 3. The van der Waals surface area contributed by atoms with Gasteiger partial charge in [-0.05, 0) is 44.2 Å². The Morgan fingerprint density at radius 2 is 2.09 bits per heavy atom. The Labute approximate surface area is 142 Å². The van der Waals surface area contributed by atoms with Crippen LogP contribution in [0.2, 0.25) is 0 Å². The minimum Gasteiger partial charge on any atom is -0.365 e. The highest BCUT2D eigenvalue weighted by Crippen LogP contribution is 2.64. The van der Waals surface area contributed by atoms with E-state index in [1.807, 2.05) is 0 Å². The normalized spacial score (nSPS) is 27.9. The number of H-pyrrole nitrogens is 1. The molecule has 1 fully saturated rings. The fourth-order valence-electron chi connectivity index (χ4n) is 3.04. The molecule has 2 amide bonds. The molecule has 0 aromatic carbocycles. The number of alkyl halides is 2. The summed E-state index contributed by atoms with van der Waals surface area (Å²) >= 11 is 12.1. The Bertz CT molecular complexity index is 759. The summed E-state index contributed by atoms with van der Waals surface area (Å²) in [5.74, 6) is -1.02. The van der Waals surface area contributed by atoms with Crippen LogP contribution in [0.25, 0.3) is 0 Å². The quantitative estimate of drug-likeness (QED) is 0.714. The van der Waals surface area contributed by atoms with Crippen LogP contribution in [0.5, 0.6) is 0 Å². The molecule has 8 heteroatoms. The number of carbonyl (C=O) groups excluding carboxylic acids is 2. The SMILES string of the molecule is CC1(C(=O)NC2CCCc3[nH]c(=O)c(C(N)=O)cc32)CC1(Cl)Cl. The van der Waals surface area contributed by atoms with Crippen molar-refractivity contribution in [3.8, 4) is 0 Å². The summed E-state index contributed by atoms with van der Waals surface area (Å²) < 4.78 is -1.04. The van der Waals surface area contributed by atoms with Gasteiger partial charge < -0.3 is 16.0 Å². The number of fused-ring (bicyclic) bond motifs is 1. The molecule has 1 heterocycles. The molecule has 1 aromatic rings. The summed E-state index contributed by atoms with van der Waals surface area (Å²) in [6, 6.07) is 1.17. The summed E-state index contributed by atoms with van der Waals surface area (Å²) in [6.07, 6.45) is 2.60. The lowest BCUT2D eigenvalue weighted by Gasteiger charge is -2.27. The predicted molar refractivity (Wildman–Crippen MR) is 86.6 cm³/mol. The van der Waals surface area contributed by atoms with E-state index in [1.54, 1.807) is 6.92 Å². The van der Waals surface area contributed by atoms with Crippen molar-refractivity contribution in [3.63, 3.8) is 0 Å². The molecule has 4 N–H and O–H groups in total. The molecule has 3 rings (SSSR count). The first-order chi connectivity index (χ1) is 10.7. The van der Waals surface area contributed by atoms with Crippen LogP contribution in [0, 0.1) is 5.41 Å². The highest BCUT2D eigenvalue weighted by molar-refractivity contribution is 6.53. The number of nitrogens with one attached hydrogen (secondary N) is 2. The fourth-order valence-corrected chi connectivity index (χ4v) is 3.74. The van der Waals surface area contributed by atoms with Crippen molar-refractivity contribution < 1.29 is 9.59 Å². The van der Waals surface area contributed by atoms with Crippen molar-refractivity contribution >= 4 is 35.0 Å². The molecule has 0 radical (unpaired) electrons. The molecule has 23 heavy (non-hydrogen) atoms. The van der Waals surface area contributed by atoms with Gasteiger partial charge in [-0.2, -0.15) is 0 Å². The molecular formula is C15H17Cl2N3O3. The Morgan fingerprint density at radius 3 is 2.65 bits per heavy atom. The van der Waals surface area contributed by atoms with E-state index in [1.165, 1.54) is 6.07 Å². The zero-order valence-corrected chi connectivity index (χ0v) is 14.1. The number of primary amides is 1. The average molecular weight is 358 g/mol. The summed E-state index contributed by atoms with van der Waals surface area (Å²) in [7, 11) is 0. The molecular weight excluding hydrogens is 341 g/mol. The van der Waals surface area contributed by atoms with Gasteiger partial charge >= 0.3 is 0 Å². The van der Waals surface area contributed by atoms with E-state index in [9.17, 15) is 14.4 Å². The molecule has 2 aliphatic rings. The molecule has 2 atom stereocenters. The number of aromatic nitrogens is 1. The first kappa shape index (κ1) is 16.3. The molecule has 0 aliphatic heterocycles. The Hall–Kier alpha value is -1.53. The second-order valence-corrected chi connectivity index (χ2v) is 7.93. The van der Waals surface area contributed by atoms with E-state index in [4.69, 9.17) is 28.9 Å². The smallest absolute Gasteiger partial charge is 0.261 e. The summed E-state index contributed by atoms with van der Waals surface area (Å²) in [4.78, 5) is 38.4. The molecule has 1 saturated carbocycles. The first-order valence-corrected chi connectivity index (χ1v) is 8.16. The van der Waals surface area contributed by atoms with Crippen molar-refractivity contribution in [1.29, 1.82) is 0 Å². The number of hydrogen-bond acceptors (Lipinski definition) is 3. The maximum atomic E-state index is 12.5. The zero-order valence-electron chi connectivity index (χ0n) is 12.5. The standard InChI is InChI=1S/C15H17Cl2N3O3/c1-14(6-15(14,16)17)13(23)20-10-4-2-3-9-7(10)5-8(11(18)21)12(22)19-9/h5,10H,2-4,6H2,1H3,(H2,18,21)(H,19,22)(H,20,23). The Kier molecular flexibility index (Phi) is 3.72. The van der Waals surface area contributed by atoms with Gasteiger partial charge in [0.25, 0.3) is 11.5 Å². The number of carbonyl (C=O) groups is 2. The van der Waals surface area contributed by atoms with E-state index < -0.39 is 21.2 Å². The summed E-state index contributed by atoms with van der Waals surface area (Å²) in [6.45, 7) is 1.72. The lowest BCUT2D eigenvalue weighted by Crippen LogP contribution is -2.38. The summed E-state index contributed by atoms with van der Waals surface area (Å²) in [5.41, 5.74) is 5.25. The van der Waals surface area contributed by atoms with Gasteiger partial charge in [-0.25, -0.2) is 0 Å². The molecule has 1 aromatic heterocycles. The minimum atomic E-state index is -1.04. The maximum absolute atomic E-state index is 12.5. The molecule has 124 valence electrons. The monoisotopic (exact) mass is 357 g/mol. The van der Waals surface area contributed by atoms with E-state index >= 15 is 0 Å². The lowest BCUT2D eigenvalue weighted by molar-refractivity contribution is -0.126. The highest BCUT2D eigenvalue weighted by Gasteiger charge is 2.68. The van der Waals surface area contributed by atoms with Crippen LogP contribution in [0.4, 0.5) is 0 Å². The second kappa shape index (κ2) is 5.24. The second-order valence-electron chi connectivity index (χ2n) is 6.44. The maximum Gasteiger partial charge on any atom is 0.261 e. The fraction of sp³-hybridized carbons (Fsp3) is 0.533. The first-order valence-electron chi connectivity index (χ1n) is 7.40. The predicted octanol–water partition coefficient (Wildman–Crippen LogP) is 1.55. The van der Waals surface area contributed by atoms with Crippen LogP contribution in [0.15, 0.2) is 10.9 Å². The Balaban J connectivity index is 1.90. The van der Waals surface area contributed by atoms with Gasteiger partial charge in [-0.1, -0.05) is 0 Å².